The van der Waals surface area contributed by atoms with Crippen LogP contribution in [0.25, 0.3) is 0 Å². The zero-order valence-corrected chi connectivity index (χ0v) is 19.9. The number of sulfonamides is 1. The van der Waals surface area contributed by atoms with Gasteiger partial charge in [-0.2, -0.15) is 0 Å². The van der Waals surface area contributed by atoms with E-state index >= 15 is 0 Å². The summed E-state index contributed by atoms with van der Waals surface area (Å²) in [5, 5.41) is 3.05. The Balaban J connectivity index is 1.84. The van der Waals surface area contributed by atoms with Gasteiger partial charge in [-0.05, 0) is 38.0 Å². The minimum atomic E-state index is -3.69. The number of carbonyl (C=O) groups excluding carboxylic acids is 1. The Morgan fingerprint density at radius 1 is 1.16 bits per heavy atom. The van der Waals surface area contributed by atoms with E-state index in [0.717, 1.165) is 34.7 Å². The number of hydrogen-bond donors (Lipinski definition) is 1. The van der Waals surface area contributed by atoms with Crippen LogP contribution in [0.3, 0.4) is 0 Å². The van der Waals surface area contributed by atoms with Gasteiger partial charge in [0.05, 0.1) is 24.6 Å². The summed E-state index contributed by atoms with van der Waals surface area (Å²) < 4.78 is 37.9. The lowest BCUT2D eigenvalue weighted by atomic mass is 9.83. The SMILES string of the molecule is CCOc1cccc(N(CC(=O)NC2CC(CC)(CC)Oc3ccccc32)S(C)(=O)=O)c1. The maximum atomic E-state index is 13.1. The van der Waals surface area contributed by atoms with E-state index in [-0.39, 0.29) is 24.1 Å². The average Bonchev–Trinajstić information content (AvgIpc) is 2.77. The van der Waals surface area contributed by atoms with Gasteiger partial charge in [-0.25, -0.2) is 8.42 Å². The average molecular weight is 461 g/mol. The number of amides is 1. The van der Waals surface area contributed by atoms with E-state index in [4.69, 9.17) is 9.47 Å². The fourth-order valence-electron chi connectivity index (χ4n) is 4.10. The first-order valence-corrected chi connectivity index (χ1v) is 12.8. The Bertz CT molecular complexity index is 1050. The van der Waals surface area contributed by atoms with E-state index in [2.05, 4.69) is 19.2 Å². The second-order valence-electron chi connectivity index (χ2n) is 8.05. The van der Waals surface area contributed by atoms with Crippen molar-refractivity contribution in [3.8, 4) is 11.5 Å². The number of rotatable bonds is 9. The van der Waals surface area contributed by atoms with Gasteiger partial charge in [0.15, 0.2) is 0 Å². The second-order valence-corrected chi connectivity index (χ2v) is 9.96. The van der Waals surface area contributed by atoms with Gasteiger partial charge in [0.25, 0.3) is 0 Å². The van der Waals surface area contributed by atoms with E-state index in [0.29, 0.717) is 24.5 Å². The first kappa shape index (κ1) is 23.9. The van der Waals surface area contributed by atoms with Crippen LogP contribution in [0.1, 0.15) is 51.6 Å². The molecule has 3 rings (SSSR count). The molecule has 7 nitrogen and oxygen atoms in total. The van der Waals surface area contributed by atoms with Crippen molar-refractivity contribution in [3.05, 3.63) is 54.1 Å². The normalized spacial score (nSPS) is 17.1. The summed E-state index contributed by atoms with van der Waals surface area (Å²) in [5.74, 6) is 0.935. The molecule has 2 aromatic carbocycles. The van der Waals surface area contributed by atoms with E-state index in [1.54, 1.807) is 24.3 Å². The smallest absolute Gasteiger partial charge is 0.241 e. The van der Waals surface area contributed by atoms with Gasteiger partial charge >= 0.3 is 0 Å². The molecule has 2 aromatic rings. The van der Waals surface area contributed by atoms with Crippen LogP contribution in [-0.4, -0.2) is 39.3 Å². The van der Waals surface area contributed by atoms with Gasteiger partial charge in [-0.15, -0.1) is 0 Å². The van der Waals surface area contributed by atoms with Crippen LogP contribution in [0.2, 0.25) is 0 Å². The predicted octanol–water partition coefficient (Wildman–Crippen LogP) is 4.05. The van der Waals surface area contributed by atoms with Crippen molar-refractivity contribution < 1.29 is 22.7 Å². The molecule has 0 spiro atoms. The van der Waals surface area contributed by atoms with E-state index < -0.39 is 10.0 Å². The van der Waals surface area contributed by atoms with Crippen LogP contribution < -0.4 is 19.1 Å². The highest BCUT2D eigenvalue weighted by molar-refractivity contribution is 7.92. The molecule has 1 aliphatic heterocycles. The van der Waals surface area contributed by atoms with Crippen molar-refractivity contribution in [2.75, 3.05) is 23.7 Å². The van der Waals surface area contributed by atoms with Crippen molar-refractivity contribution in [1.29, 1.82) is 0 Å². The first-order chi connectivity index (χ1) is 15.2. The topological polar surface area (TPSA) is 84.9 Å². The highest BCUT2D eigenvalue weighted by Gasteiger charge is 2.39. The molecule has 1 heterocycles. The van der Waals surface area contributed by atoms with E-state index in [9.17, 15) is 13.2 Å². The molecule has 0 aliphatic carbocycles. The largest absolute Gasteiger partial charge is 0.494 e. The third-order valence-corrected chi connectivity index (χ3v) is 7.07. The third kappa shape index (κ3) is 5.35. The number of carbonyl (C=O) groups is 1. The Morgan fingerprint density at radius 3 is 2.53 bits per heavy atom. The molecule has 1 unspecified atom stereocenters. The van der Waals surface area contributed by atoms with Crippen molar-refractivity contribution in [3.63, 3.8) is 0 Å². The highest BCUT2D eigenvalue weighted by atomic mass is 32.2. The number of nitrogens with zero attached hydrogens (tertiary/aromatic N) is 1. The standard InChI is InChI=1S/C24H32N2O5S/c1-5-24(6-2)16-21(20-13-8-9-14-22(20)31-24)25-23(27)17-26(32(4,28)29)18-11-10-12-19(15-18)30-7-3/h8-15,21H,5-7,16-17H2,1-4H3,(H,25,27). The number of nitrogens with one attached hydrogen (secondary N) is 1. The predicted molar refractivity (Wildman–Crippen MR) is 126 cm³/mol. The summed E-state index contributed by atoms with van der Waals surface area (Å²) in [6.07, 6.45) is 3.34. The maximum absolute atomic E-state index is 13.1. The van der Waals surface area contributed by atoms with Crippen molar-refractivity contribution in [2.24, 2.45) is 0 Å². The zero-order chi connectivity index (χ0) is 23.4. The molecule has 1 N–H and O–H groups in total. The molecule has 0 bridgehead atoms. The Labute approximate surface area is 190 Å². The van der Waals surface area contributed by atoms with Gasteiger partial charge in [0, 0.05) is 18.1 Å². The van der Waals surface area contributed by atoms with Crippen LogP contribution in [0, 0.1) is 0 Å². The van der Waals surface area contributed by atoms with Gasteiger partial charge in [0.1, 0.15) is 23.6 Å². The number of anilines is 1. The van der Waals surface area contributed by atoms with Gasteiger partial charge in [-0.1, -0.05) is 38.1 Å². The molecule has 0 saturated heterocycles. The van der Waals surface area contributed by atoms with Gasteiger partial charge in [0.2, 0.25) is 15.9 Å². The van der Waals surface area contributed by atoms with Crippen molar-refractivity contribution >= 4 is 21.6 Å². The van der Waals surface area contributed by atoms with Crippen LogP contribution in [0.5, 0.6) is 11.5 Å². The second kappa shape index (κ2) is 9.81. The lowest BCUT2D eigenvalue weighted by Crippen LogP contribution is -2.47. The van der Waals surface area contributed by atoms with Crippen LogP contribution in [-0.2, 0) is 14.8 Å². The Morgan fingerprint density at radius 2 is 1.88 bits per heavy atom. The quantitative estimate of drug-likeness (QED) is 0.610. The molecule has 0 radical (unpaired) electrons. The molecule has 0 fully saturated rings. The molecule has 0 saturated carbocycles. The van der Waals surface area contributed by atoms with Gasteiger partial charge in [-0.3, -0.25) is 9.10 Å². The molecule has 1 aliphatic rings. The van der Waals surface area contributed by atoms with E-state index in [1.807, 2.05) is 31.2 Å². The van der Waals surface area contributed by atoms with Crippen LogP contribution >= 0.6 is 0 Å². The van der Waals surface area contributed by atoms with Crippen molar-refractivity contribution in [2.45, 2.75) is 51.7 Å². The zero-order valence-electron chi connectivity index (χ0n) is 19.1. The molecular weight excluding hydrogens is 428 g/mol. The lowest BCUT2D eigenvalue weighted by Gasteiger charge is -2.41. The molecule has 174 valence electrons. The van der Waals surface area contributed by atoms with Crippen LogP contribution in [0.4, 0.5) is 5.69 Å². The first-order valence-electron chi connectivity index (χ1n) is 11.0. The number of hydrogen-bond acceptors (Lipinski definition) is 5. The lowest BCUT2D eigenvalue weighted by molar-refractivity contribution is -0.121. The summed E-state index contributed by atoms with van der Waals surface area (Å²) in [6.45, 7) is 6.15. The third-order valence-electron chi connectivity index (χ3n) is 5.93. The molecule has 0 aromatic heterocycles. The number of para-hydroxylation sites is 1. The maximum Gasteiger partial charge on any atom is 0.241 e. The number of fused-ring (bicyclic) bond motifs is 1. The summed E-state index contributed by atoms with van der Waals surface area (Å²) in [5.41, 5.74) is 0.925. The summed E-state index contributed by atoms with van der Waals surface area (Å²) in [4.78, 5) is 13.1. The summed E-state index contributed by atoms with van der Waals surface area (Å²) >= 11 is 0. The fraction of sp³-hybridized carbons (Fsp3) is 0.458. The number of ether oxygens (including phenoxy) is 2. The molecule has 32 heavy (non-hydrogen) atoms. The summed E-state index contributed by atoms with van der Waals surface area (Å²) in [7, 11) is -3.69. The molecule has 1 amide bonds. The van der Waals surface area contributed by atoms with E-state index in [1.165, 1.54) is 0 Å². The number of benzene rings is 2. The van der Waals surface area contributed by atoms with Crippen molar-refractivity contribution in [1.82, 2.24) is 5.32 Å². The highest BCUT2D eigenvalue weighted by Crippen LogP contribution is 2.42. The Hall–Kier alpha value is -2.74. The molecule has 1 atom stereocenters. The van der Waals surface area contributed by atoms with Gasteiger partial charge < -0.3 is 14.8 Å². The minimum absolute atomic E-state index is 0.261. The monoisotopic (exact) mass is 460 g/mol. The Kier molecular flexibility index (Phi) is 7.33. The van der Waals surface area contributed by atoms with Crippen LogP contribution in [0.15, 0.2) is 48.5 Å². The minimum Gasteiger partial charge on any atom is -0.494 e. The molecule has 8 heteroatoms. The summed E-state index contributed by atoms with van der Waals surface area (Å²) in [6, 6.07) is 14.2. The molecular formula is C24H32N2O5S. The fourth-order valence-corrected chi connectivity index (χ4v) is 4.94.